The molecule has 2 heterocycles. The fourth-order valence-electron chi connectivity index (χ4n) is 2.85. The molecule has 1 aliphatic heterocycles. The Labute approximate surface area is 176 Å². The van der Waals surface area contributed by atoms with Gasteiger partial charge in [-0.05, 0) is 18.2 Å². The van der Waals surface area contributed by atoms with Gasteiger partial charge in [0.2, 0.25) is 11.9 Å². The molecule has 0 saturated carbocycles. The number of aromatic nitrogens is 2. The van der Waals surface area contributed by atoms with Gasteiger partial charge in [0, 0.05) is 57.2 Å². The highest BCUT2D eigenvalue weighted by Crippen LogP contribution is 2.11. The Kier molecular flexibility index (Phi) is 9.47. The summed E-state index contributed by atoms with van der Waals surface area (Å²) in [7, 11) is 0. The fourth-order valence-corrected chi connectivity index (χ4v) is 2.85. The predicted molar refractivity (Wildman–Crippen MR) is 113 cm³/mol. The highest BCUT2D eigenvalue weighted by molar-refractivity contribution is 5.99. The molecule has 2 amide bonds. The van der Waals surface area contributed by atoms with Gasteiger partial charge in [0.25, 0.3) is 5.91 Å². The zero-order valence-electron chi connectivity index (χ0n) is 15.3. The molecule has 1 aromatic carbocycles. The normalized spacial score (nSPS) is 13.1. The van der Waals surface area contributed by atoms with E-state index in [4.69, 9.17) is 5.73 Å². The minimum atomic E-state index is -0.262. The van der Waals surface area contributed by atoms with Crippen molar-refractivity contribution in [2.45, 2.75) is 6.42 Å². The number of nitrogens with two attached hydrogens (primary N) is 1. The van der Waals surface area contributed by atoms with E-state index in [0.29, 0.717) is 43.4 Å². The Morgan fingerprint density at radius 1 is 1.00 bits per heavy atom. The molecule has 10 heteroatoms. The van der Waals surface area contributed by atoms with Gasteiger partial charge in [-0.2, -0.15) is 0 Å². The first-order valence-corrected chi connectivity index (χ1v) is 8.57. The van der Waals surface area contributed by atoms with E-state index < -0.39 is 0 Å². The number of halogens is 2. The largest absolute Gasteiger partial charge is 0.398 e. The van der Waals surface area contributed by atoms with Crippen molar-refractivity contribution < 1.29 is 9.59 Å². The number of rotatable bonds is 5. The van der Waals surface area contributed by atoms with E-state index in [-0.39, 0.29) is 49.6 Å². The molecule has 28 heavy (non-hydrogen) atoms. The quantitative estimate of drug-likeness (QED) is 0.699. The molecule has 8 nitrogen and oxygen atoms in total. The van der Waals surface area contributed by atoms with Gasteiger partial charge in [-0.15, -0.1) is 24.8 Å². The number of amides is 2. The van der Waals surface area contributed by atoms with Crippen LogP contribution in [0.5, 0.6) is 0 Å². The maximum Gasteiger partial charge on any atom is 0.253 e. The van der Waals surface area contributed by atoms with E-state index in [1.54, 1.807) is 42.7 Å². The molecule has 0 spiro atoms. The Bertz CT molecular complexity index is 770. The van der Waals surface area contributed by atoms with E-state index in [2.05, 4.69) is 20.2 Å². The lowest BCUT2D eigenvalue weighted by atomic mass is 10.1. The number of anilines is 2. The van der Waals surface area contributed by atoms with E-state index in [1.165, 1.54) is 0 Å². The molecule has 3 rings (SSSR count). The first kappa shape index (κ1) is 23.5. The van der Waals surface area contributed by atoms with Crippen LogP contribution in [-0.4, -0.2) is 59.4 Å². The minimum Gasteiger partial charge on any atom is -0.398 e. The van der Waals surface area contributed by atoms with Gasteiger partial charge in [-0.3, -0.25) is 9.59 Å². The summed E-state index contributed by atoms with van der Waals surface area (Å²) >= 11 is 0. The summed E-state index contributed by atoms with van der Waals surface area (Å²) in [4.78, 5) is 36.7. The van der Waals surface area contributed by atoms with E-state index in [9.17, 15) is 9.59 Å². The third-order valence-electron chi connectivity index (χ3n) is 4.30. The average molecular weight is 427 g/mol. The summed E-state index contributed by atoms with van der Waals surface area (Å²) in [5, 5.41) is 2.75. The lowest BCUT2D eigenvalue weighted by Crippen LogP contribution is -2.49. The molecule has 2 aromatic rings. The SMILES string of the molecule is Cl.Cl.Nc1ccccc1C(=O)NCCC(=O)N1CCN(c2ncccn2)CC1. The summed E-state index contributed by atoms with van der Waals surface area (Å²) in [5.41, 5.74) is 6.63. The zero-order valence-corrected chi connectivity index (χ0v) is 16.9. The summed E-state index contributed by atoms with van der Waals surface area (Å²) in [6, 6.07) is 8.65. The molecule has 0 atom stereocenters. The number of hydrogen-bond donors (Lipinski definition) is 2. The van der Waals surface area contributed by atoms with Crippen molar-refractivity contribution in [2.75, 3.05) is 43.4 Å². The Morgan fingerprint density at radius 3 is 2.29 bits per heavy atom. The summed E-state index contributed by atoms with van der Waals surface area (Å²) in [6.45, 7) is 2.92. The van der Waals surface area contributed by atoms with Crippen LogP contribution in [0.15, 0.2) is 42.7 Å². The molecular weight excluding hydrogens is 403 g/mol. The van der Waals surface area contributed by atoms with Crippen LogP contribution in [0.1, 0.15) is 16.8 Å². The maximum atomic E-state index is 12.3. The van der Waals surface area contributed by atoms with E-state index in [0.717, 1.165) is 0 Å². The van der Waals surface area contributed by atoms with Crippen molar-refractivity contribution in [3.8, 4) is 0 Å². The van der Waals surface area contributed by atoms with Crippen LogP contribution in [0, 0.1) is 0 Å². The molecule has 0 bridgehead atoms. The lowest BCUT2D eigenvalue weighted by molar-refractivity contribution is -0.131. The average Bonchev–Trinajstić information content (AvgIpc) is 2.69. The first-order valence-electron chi connectivity index (χ1n) is 8.57. The number of hydrogen-bond acceptors (Lipinski definition) is 6. The van der Waals surface area contributed by atoms with Crippen molar-refractivity contribution in [3.63, 3.8) is 0 Å². The van der Waals surface area contributed by atoms with Crippen LogP contribution in [0.4, 0.5) is 11.6 Å². The van der Waals surface area contributed by atoms with Gasteiger partial charge in [0.05, 0.1) is 5.56 Å². The molecule has 1 fully saturated rings. The standard InChI is InChI=1S/C18H22N6O2.2ClH/c19-15-5-2-1-4-14(15)17(26)20-9-6-16(25)23-10-12-24(13-11-23)18-21-7-3-8-22-18;;/h1-5,7-8H,6,9-13,19H2,(H,20,26);2*1H. The molecule has 1 saturated heterocycles. The first-order chi connectivity index (χ1) is 12.6. The molecule has 1 aromatic heterocycles. The van der Waals surface area contributed by atoms with Crippen molar-refractivity contribution in [2.24, 2.45) is 0 Å². The number of para-hydroxylation sites is 1. The highest BCUT2D eigenvalue weighted by Gasteiger charge is 2.22. The van der Waals surface area contributed by atoms with Gasteiger partial charge in [-0.1, -0.05) is 12.1 Å². The number of nitrogen functional groups attached to an aromatic ring is 1. The summed E-state index contributed by atoms with van der Waals surface area (Å²) < 4.78 is 0. The topological polar surface area (TPSA) is 104 Å². The van der Waals surface area contributed by atoms with Crippen LogP contribution in [-0.2, 0) is 4.79 Å². The highest BCUT2D eigenvalue weighted by atomic mass is 35.5. The monoisotopic (exact) mass is 426 g/mol. The molecule has 0 unspecified atom stereocenters. The number of piperazine rings is 1. The number of nitrogens with one attached hydrogen (secondary N) is 1. The Balaban J connectivity index is 0.00000196. The third-order valence-corrected chi connectivity index (χ3v) is 4.30. The van der Waals surface area contributed by atoms with E-state index in [1.807, 2.05) is 4.90 Å². The second kappa shape index (κ2) is 11.3. The van der Waals surface area contributed by atoms with Crippen LogP contribution >= 0.6 is 24.8 Å². The van der Waals surface area contributed by atoms with Gasteiger partial charge >= 0.3 is 0 Å². The van der Waals surface area contributed by atoms with Crippen LogP contribution < -0.4 is 16.0 Å². The third kappa shape index (κ3) is 5.97. The summed E-state index contributed by atoms with van der Waals surface area (Å²) in [6.07, 6.45) is 3.68. The summed E-state index contributed by atoms with van der Waals surface area (Å²) in [5.74, 6) is 0.453. The minimum absolute atomic E-state index is 0. The maximum absolute atomic E-state index is 12.3. The Morgan fingerprint density at radius 2 is 1.64 bits per heavy atom. The van der Waals surface area contributed by atoms with Gasteiger partial charge < -0.3 is 20.9 Å². The van der Waals surface area contributed by atoms with Gasteiger partial charge in [0.1, 0.15) is 0 Å². The number of carbonyl (C=O) groups is 2. The smallest absolute Gasteiger partial charge is 0.253 e. The van der Waals surface area contributed by atoms with Crippen molar-refractivity contribution in [3.05, 3.63) is 48.3 Å². The molecule has 1 aliphatic rings. The van der Waals surface area contributed by atoms with Crippen LogP contribution in [0.25, 0.3) is 0 Å². The fraction of sp³-hybridized carbons (Fsp3) is 0.333. The van der Waals surface area contributed by atoms with Crippen molar-refractivity contribution in [1.82, 2.24) is 20.2 Å². The van der Waals surface area contributed by atoms with Gasteiger partial charge in [0.15, 0.2) is 0 Å². The van der Waals surface area contributed by atoms with E-state index >= 15 is 0 Å². The zero-order chi connectivity index (χ0) is 18.4. The molecule has 152 valence electrons. The predicted octanol–water partition coefficient (Wildman–Crippen LogP) is 1.37. The van der Waals surface area contributed by atoms with Crippen LogP contribution in [0.2, 0.25) is 0 Å². The second-order valence-electron chi connectivity index (χ2n) is 6.01. The number of benzene rings is 1. The van der Waals surface area contributed by atoms with Crippen LogP contribution in [0.3, 0.4) is 0 Å². The molecule has 0 aliphatic carbocycles. The molecular formula is C18H24Cl2N6O2. The molecule has 0 radical (unpaired) electrons. The lowest BCUT2D eigenvalue weighted by Gasteiger charge is -2.34. The Hall–Kier alpha value is -2.58. The number of nitrogens with zero attached hydrogens (tertiary/aromatic N) is 4. The molecule has 3 N–H and O–H groups in total. The second-order valence-corrected chi connectivity index (χ2v) is 6.01. The number of carbonyl (C=O) groups excluding carboxylic acids is 2. The van der Waals surface area contributed by atoms with Crippen molar-refractivity contribution >= 4 is 48.3 Å². The van der Waals surface area contributed by atoms with Crippen molar-refractivity contribution in [1.29, 1.82) is 0 Å². The van der Waals surface area contributed by atoms with Gasteiger partial charge in [-0.25, -0.2) is 9.97 Å².